The second-order valence-electron chi connectivity index (χ2n) is 7.16. The van der Waals surface area contributed by atoms with Crippen LogP contribution in [0.4, 0.5) is 11.4 Å². The molecule has 27 heavy (non-hydrogen) atoms. The Morgan fingerprint density at radius 2 is 2.11 bits per heavy atom. The number of ether oxygens (including phenoxy) is 1. The number of carbonyl (C=O) groups is 2. The largest absolute Gasteiger partial charge is 0.490 e. The predicted molar refractivity (Wildman–Crippen MR) is 108 cm³/mol. The maximum atomic E-state index is 12.9. The molecule has 1 aromatic carbocycles. The van der Waals surface area contributed by atoms with Gasteiger partial charge in [-0.25, -0.2) is 0 Å². The van der Waals surface area contributed by atoms with Gasteiger partial charge >= 0.3 is 0 Å². The summed E-state index contributed by atoms with van der Waals surface area (Å²) in [7, 11) is 0. The Morgan fingerprint density at radius 3 is 2.81 bits per heavy atom. The third-order valence-electron chi connectivity index (χ3n) is 4.34. The van der Waals surface area contributed by atoms with Crippen molar-refractivity contribution in [2.75, 3.05) is 23.4 Å². The molecule has 3 rings (SSSR count). The van der Waals surface area contributed by atoms with E-state index in [0.29, 0.717) is 23.5 Å². The van der Waals surface area contributed by atoms with Gasteiger partial charge in [-0.3, -0.25) is 14.6 Å². The Hall–Kier alpha value is -2.41. The summed E-state index contributed by atoms with van der Waals surface area (Å²) in [5, 5.41) is 2.85. The van der Waals surface area contributed by atoms with Gasteiger partial charge in [-0.1, -0.05) is 6.92 Å². The fraction of sp³-hybridized carbons (Fsp3) is 0.350. The van der Waals surface area contributed by atoms with Crippen molar-refractivity contribution in [3.8, 4) is 5.75 Å². The molecule has 142 valence electrons. The van der Waals surface area contributed by atoms with Gasteiger partial charge in [-0.2, -0.15) is 0 Å². The molecule has 6 nitrogen and oxygen atoms in total. The number of benzene rings is 1. The number of hydrogen-bond acceptors (Lipinski definition) is 4. The molecule has 0 fully saturated rings. The molecule has 0 bridgehead atoms. The van der Waals surface area contributed by atoms with E-state index < -0.39 is 5.41 Å². The van der Waals surface area contributed by atoms with Crippen LogP contribution in [0, 0.1) is 5.41 Å². The molecule has 0 saturated heterocycles. The molecule has 1 aliphatic heterocycles. The van der Waals surface area contributed by atoms with Crippen LogP contribution in [0.25, 0.3) is 0 Å². The average molecular weight is 432 g/mol. The van der Waals surface area contributed by atoms with E-state index in [9.17, 15) is 9.59 Å². The smallest absolute Gasteiger partial charge is 0.257 e. The first kappa shape index (κ1) is 19.4. The van der Waals surface area contributed by atoms with E-state index in [1.165, 1.54) is 6.20 Å². The number of nitrogens with one attached hydrogen (secondary N) is 1. The Morgan fingerprint density at radius 1 is 1.33 bits per heavy atom. The molecule has 1 aliphatic rings. The highest BCUT2D eigenvalue weighted by molar-refractivity contribution is 9.10. The minimum absolute atomic E-state index is 0.0418. The van der Waals surface area contributed by atoms with Crippen LogP contribution in [-0.4, -0.2) is 29.9 Å². The van der Waals surface area contributed by atoms with Crippen molar-refractivity contribution in [2.45, 2.75) is 27.2 Å². The number of fused-ring (bicyclic) bond motifs is 1. The van der Waals surface area contributed by atoms with Crippen molar-refractivity contribution in [2.24, 2.45) is 5.41 Å². The number of amides is 2. The molecule has 2 amide bonds. The van der Waals surface area contributed by atoms with Gasteiger partial charge in [0.15, 0.2) is 0 Å². The van der Waals surface area contributed by atoms with E-state index in [-0.39, 0.29) is 18.4 Å². The molecule has 0 saturated carbocycles. The summed E-state index contributed by atoms with van der Waals surface area (Å²) in [6.07, 6.45) is 3.97. The molecule has 1 N–H and O–H groups in total. The van der Waals surface area contributed by atoms with Gasteiger partial charge in [0.05, 0.1) is 16.7 Å². The summed E-state index contributed by atoms with van der Waals surface area (Å²) in [5.74, 6) is 0.367. The fourth-order valence-corrected chi connectivity index (χ4v) is 3.27. The summed E-state index contributed by atoms with van der Waals surface area (Å²) < 4.78 is 6.66. The Labute approximate surface area is 167 Å². The van der Waals surface area contributed by atoms with Gasteiger partial charge in [-0.05, 0) is 54.4 Å². The molecule has 1 aromatic heterocycles. The molecule has 0 spiro atoms. The Balaban J connectivity index is 1.89. The van der Waals surface area contributed by atoms with Gasteiger partial charge in [0.25, 0.3) is 5.91 Å². The molecule has 2 heterocycles. The number of aromatic nitrogens is 1. The van der Waals surface area contributed by atoms with Crippen LogP contribution in [0.1, 0.15) is 37.6 Å². The zero-order valence-electron chi connectivity index (χ0n) is 15.6. The first-order valence-electron chi connectivity index (χ1n) is 8.82. The zero-order chi connectivity index (χ0) is 19.6. The van der Waals surface area contributed by atoms with Gasteiger partial charge in [0.2, 0.25) is 5.91 Å². The summed E-state index contributed by atoms with van der Waals surface area (Å²) in [4.78, 5) is 31.1. The first-order chi connectivity index (χ1) is 12.8. The summed E-state index contributed by atoms with van der Waals surface area (Å²) in [5.41, 5.74) is 1.17. The van der Waals surface area contributed by atoms with Crippen LogP contribution >= 0.6 is 15.9 Å². The van der Waals surface area contributed by atoms with Crippen LogP contribution in [0.5, 0.6) is 5.75 Å². The molecular weight excluding hydrogens is 410 g/mol. The van der Waals surface area contributed by atoms with Gasteiger partial charge in [0, 0.05) is 35.2 Å². The van der Waals surface area contributed by atoms with Gasteiger partial charge in [0.1, 0.15) is 12.4 Å². The lowest BCUT2D eigenvalue weighted by Crippen LogP contribution is -2.42. The maximum absolute atomic E-state index is 12.9. The quantitative estimate of drug-likeness (QED) is 0.784. The van der Waals surface area contributed by atoms with Crippen LogP contribution < -0.4 is 15.0 Å². The number of rotatable bonds is 4. The van der Waals surface area contributed by atoms with Crippen LogP contribution in [0.15, 0.2) is 41.1 Å². The van der Waals surface area contributed by atoms with Gasteiger partial charge in [-0.15, -0.1) is 0 Å². The second-order valence-corrected chi connectivity index (χ2v) is 8.07. The van der Waals surface area contributed by atoms with Crippen molar-refractivity contribution in [1.82, 2.24) is 4.98 Å². The first-order valence-corrected chi connectivity index (χ1v) is 9.62. The number of carbonyl (C=O) groups excluding carboxylic acids is 2. The number of halogens is 1. The lowest BCUT2D eigenvalue weighted by Gasteiger charge is -2.27. The van der Waals surface area contributed by atoms with E-state index in [2.05, 4.69) is 26.2 Å². The van der Waals surface area contributed by atoms with E-state index in [4.69, 9.17) is 4.74 Å². The SMILES string of the molecule is CCCN1C(=O)C(C)(C)COc2cc(NC(=O)c3cncc(Br)c3)ccc21. The normalized spacial score (nSPS) is 15.6. The zero-order valence-corrected chi connectivity index (χ0v) is 17.2. The highest BCUT2D eigenvalue weighted by Gasteiger charge is 2.37. The minimum Gasteiger partial charge on any atom is -0.490 e. The molecular formula is C20H22BrN3O3. The van der Waals surface area contributed by atoms with Gasteiger partial charge < -0.3 is 15.0 Å². The summed E-state index contributed by atoms with van der Waals surface area (Å²) in [6.45, 7) is 6.70. The average Bonchev–Trinajstić information content (AvgIpc) is 2.72. The second kappa shape index (κ2) is 7.68. The molecule has 0 radical (unpaired) electrons. The summed E-state index contributed by atoms with van der Waals surface area (Å²) >= 11 is 3.31. The topological polar surface area (TPSA) is 71.5 Å². The highest BCUT2D eigenvalue weighted by atomic mass is 79.9. The van der Waals surface area contributed by atoms with E-state index in [1.54, 1.807) is 29.3 Å². The highest BCUT2D eigenvalue weighted by Crippen LogP contribution is 2.38. The monoisotopic (exact) mass is 431 g/mol. The van der Waals surface area contributed by atoms with E-state index in [1.807, 2.05) is 26.8 Å². The molecule has 0 atom stereocenters. The van der Waals surface area contributed by atoms with E-state index >= 15 is 0 Å². The molecule has 0 aliphatic carbocycles. The third-order valence-corrected chi connectivity index (χ3v) is 4.77. The molecule has 7 heteroatoms. The standard InChI is InChI=1S/C20H22BrN3O3/c1-4-7-24-16-6-5-15(9-17(16)27-12-20(2,3)19(24)26)23-18(25)13-8-14(21)11-22-10-13/h5-6,8-11H,4,7,12H2,1-3H3,(H,23,25). The molecule has 2 aromatic rings. The lowest BCUT2D eigenvalue weighted by atomic mass is 9.93. The number of pyridine rings is 1. The number of nitrogens with zero attached hydrogens (tertiary/aromatic N) is 2. The minimum atomic E-state index is -0.612. The third kappa shape index (κ3) is 4.13. The van der Waals surface area contributed by atoms with Crippen LogP contribution in [-0.2, 0) is 4.79 Å². The summed E-state index contributed by atoms with van der Waals surface area (Å²) in [6, 6.07) is 7.06. The predicted octanol–water partition coefficient (Wildman–Crippen LogP) is 4.26. The van der Waals surface area contributed by atoms with Crippen LogP contribution in [0.2, 0.25) is 0 Å². The van der Waals surface area contributed by atoms with Crippen molar-refractivity contribution in [1.29, 1.82) is 0 Å². The Kier molecular flexibility index (Phi) is 5.51. The lowest BCUT2D eigenvalue weighted by molar-refractivity contribution is -0.127. The van der Waals surface area contributed by atoms with Crippen molar-refractivity contribution < 1.29 is 14.3 Å². The van der Waals surface area contributed by atoms with Crippen molar-refractivity contribution >= 4 is 39.1 Å². The fourth-order valence-electron chi connectivity index (χ4n) is 2.91. The number of hydrogen-bond donors (Lipinski definition) is 1. The molecule has 0 unspecified atom stereocenters. The Bertz CT molecular complexity index is 883. The van der Waals surface area contributed by atoms with E-state index in [0.717, 1.165) is 16.6 Å². The maximum Gasteiger partial charge on any atom is 0.257 e. The number of anilines is 2. The van der Waals surface area contributed by atoms with Crippen LogP contribution in [0.3, 0.4) is 0 Å². The van der Waals surface area contributed by atoms with Crippen molar-refractivity contribution in [3.63, 3.8) is 0 Å². The van der Waals surface area contributed by atoms with Crippen molar-refractivity contribution in [3.05, 3.63) is 46.7 Å².